The third-order valence-electron chi connectivity index (χ3n) is 3.22. The van der Waals surface area contributed by atoms with E-state index in [4.69, 9.17) is 4.74 Å². The highest BCUT2D eigenvalue weighted by molar-refractivity contribution is 5.22. The molecule has 0 spiro atoms. The molecule has 0 saturated heterocycles. The van der Waals surface area contributed by atoms with Crippen molar-refractivity contribution in [3.05, 3.63) is 23.5 Å². The smallest absolute Gasteiger partial charge is 0.0958 e. The summed E-state index contributed by atoms with van der Waals surface area (Å²) in [4.78, 5) is 0. The predicted octanol–water partition coefficient (Wildman–Crippen LogP) is 4.31. The summed E-state index contributed by atoms with van der Waals surface area (Å²) in [5.41, 5.74) is 1.59. The molecule has 86 valence electrons. The van der Waals surface area contributed by atoms with Crippen LogP contribution in [0.15, 0.2) is 23.5 Å². The van der Waals surface area contributed by atoms with Crippen LogP contribution in [0.3, 0.4) is 0 Å². The Kier molecular flexibility index (Phi) is 4.93. The van der Waals surface area contributed by atoms with E-state index >= 15 is 0 Å². The topological polar surface area (TPSA) is 9.23 Å². The summed E-state index contributed by atoms with van der Waals surface area (Å²) in [6.07, 6.45) is 9.30. The molecule has 1 nitrogen and oxygen atoms in total. The summed E-state index contributed by atoms with van der Waals surface area (Å²) in [5.74, 6) is 2.68. The van der Waals surface area contributed by atoms with E-state index in [9.17, 15) is 0 Å². The van der Waals surface area contributed by atoms with Crippen LogP contribution in [-0.2, 0) is 4.74 Å². The third kappa shape index (κ3) is 4.11. The molecule has 1 heteroatoms. The molecule has 0 aliphatic heterocycles. The molecule has 1 aliphatic carbocycles. The van der Waals surface area contributed by atoms with Gasteiger partial charge in [-0.3, -0.25) is 0 Å². The van der Waals surface area contributed by atoms with E-state index in [0.29, 0.717) is 0 Å². The lowest BCUT2D eigenvalue weighted by Gasteiger charge is -2.20. The second kappa shape index (κ2) is 5.99. The molecule has 0 aromatic carbocycles. The second-order valence-corrected chi connectivity index (χ2v) is 4.95. The van der Waals surface area contributed by atoms with Crippen LogP contribution >= 0.6 is 0 Å². The predicted molar refractivity (Wildman–Crippen MR) is 65.6 cm³/mol. The standard InChI is InChI=1S/C14H24O/c1-11(2)5-6-12(3)13-7-9-14(15-4)10-8-13/h7,9,11-12H,5-6,8,10H2,1-4H3. The van der Waals surface area contributed by atoms with Crippen molar-refractivity contribution in [1.82, 2.24) is 0 Å². The van der Waals surface area contributed by atoms with E-state index in [2.05, 4.69) is 32.9 Å². The van der Waals surface area contributed by atoms with E-state index < -0.39 is 0 Å². The Bertz CT molecular complexity index is 248. The van der Waals surface area contributed by atoms with E-state index in [0.717, 1.165) is 24.0 Å². The molecule has 1 rings (SSSR count). The van der Waals surface area contributed by atoms with Crippen molar-refractivity contribution in [3.63, 3.8) is 0 Å². The van der Waals surface area contributed by atoms with Gasteiger partial charge in [-0.2, -0.15) is 0 Å². The first-order chi connectivity index (χ1) is 7.13. The fourth-order valence-electron chi connectivity index (χ4n) is 1.98. The van der Waals surface area contributed by atoms with Crippen LogP contribution in [0, 0.1) is 11.8 Å². The normalized spacial score (nSPS) is 18.5. The van der Waals surface area contributed by atoms with Crippen molar-refractivity contribution in [1.29, 1.82) is 0 Å². The molecule has 0 heterocycles. The van der Waals surface area contributed by atoms with Crippen molar-refractivity contribution in [3.8, 4) is 0 Å². The van der Waals surface area contributed by atoms with Crippen LogP contribution in [0.5, 0.6) is 0 Å². The first-order valence-corrected chi connectivity index (χ1v) is 6.07. The zero-order valence-corrected chi connectivity index (χ0v) is 10.5. The second-order valence-electron chi connectivity index (χ2n) is 4.95. The molecule has 0 aromatic heterocycles. The third-order valence-corrected chi connectivity index (χ3v) is 3.22. The fraction of sp³-hybridized carbons (Fsp3) is 0.714. The number of allylic oxidation sites excluding steroid dienone is 4. The molecule has 0 fully saturated rings. The van der Waals surface area contributed by atoms with Crippen LogP contribution in [0.25, 0.3) is 0 Å². The van der Waals surface area contributed by atoms with Gasteiger partial charge < -0.3 is 4.74 Å². The Morgan fingerprint density at radius 2 is 1.87 bits per heavy atom. The largest absolute Gasteiger partial charge is 0.501 e. The molecule has 0 radical (unpaired) electrons. The molecule has 0 amide bonds. The molecule has 1 unspecified atom stereocenters. The number of hydrogen-bond acceptors (Lipinski definition) is 1. The Morgan fingerprint density at radius 3 is 2.33 bits per heavy atom. The van der Waals surface area contributed by atoms with Crippen molar-refractivity contribution >= 4 is 0 Å². The van der Waals surface area contributed by atoms with Gasteiger partial charge >= 0.3 is 0 Å². The number of methoxy groups -OCH3 is 1. The van der Waals surface area contributed by atoms with Gasteiger partial charge in [-0.1, -0.05) is 38.8 Å². The summed E-state index contributed by atoms with van der Waals surface area (Å²) < 4.78 is 5.23. The summed E-state index contributed by atoms with van der Waals surface area (Å²) in [6.45, 7) is 6.94. The summed E-state index contributed by atoms with van der Waals surface area (Å²) >= 11 is 0. The molecule has 1 aliphatic rings. The van der Waals surface area contributed by atoms with Crippen LogP contribution < -0.4 is 0 Å². The van der Waals surface area contributed by atoms with Gasteiger partial charge in [0, 0.05) is 6.42 Å². The average Bonchev–Trinajstić information content (AvgIpc) is 2.26. The van der Waals surface area contributed by atoms with Gasteiger partial charge in [-0.05, 0) is 30.8 Å². The van der Waals surface area contributed by atoms with Gasteiger partial charge in [-0.25, -0.2) is 0 Å². The van der Waals surface area contributed by atoms with E-state index in [-0.39, 0.29) is 0 Å². The van der Waals surface area contributed by atoms with Gasteiger partial charge in [0.25, 0.3) is 0 Å². The van der Waals surface area contributed by atoms with Crippen LogP contribution in [0.2, 0.25) is 0 Å². The minimum Gasteiger partial charge on any atom is -0.501 e. The zero-order valence-electron chi connectivity index (χ0n) is 10.5. The zero-order chi connectivity index (χ0) is 11.3. The van der Waals surface area contributed by atoms with Gasteiger partial charge in [0.15, 0.2) is 0 Å². The SMILES string of the molecule is COC1=CC=C(C(C)CCC(C)C)CC1. The summed E-state index contributed by atoms with van der Waals surface area (Å²) in [7, 11) is 1.76. The number of ether oxygens (including phenoxy) is 1. The molecule has 0 bridgehead atoms. The van der Waals surface area contributed by atoms with Crippen molar-refractivity contribution in [2.24, 2.45) is 11.8 Å². The monoisotopic (exact) mass is 208 g/mol. The Morgan fingerprint density at radius 1 is 1.13 bits per heavy atom. The maximum Gasteiger partial charge on any atom is 0.0958 e. The first kappa shape index (κ1) is 12.4. The Labute approximate surface area is 94.2 Å². The van der Waals surface area contributed by atoms with Crippen LogP contribution in [0.4, 0.5) is 0 Å². The van der Waals surface area contributed by atoms with Crippen LogP contribution in [-0.4, -0.2) is 7.11 Å². The lowest BCUT2D eigenvalue weighted by molar-refractivity contribution is 0.274. The van der Waals surface area contributed by atoms with E-state index in [1.165, 1.54) is 19.3 Å². The lowest BCUT2D eigenvalue weighted by Crippen LogP contribution is -2.05. The minimum atomic E-state index is 0.738. The molecule has 0 N–H and O–H groups in total. The van der Waals surface area contributed by atoms with Gasteiger partial charge in [0.2, 0.25) is 0 Å². The maximum atomic E-state index is 5.23. The highest BCUT2D eigenvalue weighted by Crippen LogP contribution is 2.28. The average molecular weight is 208 g/mol. The summed E-state index contributed by atoms with van der Waals surface area (Å²) in [6, 6.07) is 0. The minimum absolute atomic E-state index is 0.738. The first-order valence-electron chi connectivity index (χ1n) is 6.07. The maximum absolute atomic E-state index is 5.23. The number of hydrogen-bond donors (Lipinski definition) is 0. The molecule has 1 atom stereocenters. The van der Waals surface area contributed by atoms with Crippen molar-refractivity contribution in [2.45, 2.75) is 46.5 Å². The molecular weight excluding hydrogens is 184 g/mol. The molecule has 15 heavy (non-hydrogen) atoms. The Hall–Kier alpha value is -0.720. The molecule has 0 aromatic rings. The molecule has 0 saturated carbocycles. The van der Waals surface area contributed by atoms with E-state index in [1.54, 1.807) is 12.7 Å². The van der Waals surface area contributed by atoms with Crippen molar-refractivity contribution < 1.29 is 4.74 Å². The lowest BCUT2D eigenvalue weighted by atomic mass is 9.88. The molecular formula is C14H24O. The van der Waals surface area contributed by atoms with Gasteiger partial charge in [0.1, 0.15) is 0 Å². The summed E-state index contributed by atoms with van der Waals surface area (Å²) in [5, 5.41) is 0. The van der Waals surface area contributed by atoms with E-state index in [1.807, 2.05) is 0 Å². The van der Waals surface area contributed by atoms with Crippen LogP contribution in [0.1, 0.15) is 46.5 Å². The van der Waals surface area contributed by atoms with Crippen molar-refractivity contribution in [2.75, 3.05) is 7.11 Å². The van der Waals surface area contributed by atoms with Gasteiger partial charge in [-0.15, -0.1) is 0 Å². The Balaban J connectivity index is 2.44. The highest BCUT2D eigenvalue weighted by Gasteiger charge is 2.13. The van der Waals surface area contributed by atoms with Gasteiger partial charge in [0.05, 0.1) is 12.9 Å². The highest BCUT2D eigenvalue weighted by atomic mass is 16.5. The quantitative estimate of drug-likeness (QED) is 0.654. The number of rotatable bonds is 5. The fourth-order valence-corrected chi connectivity index (χ4v) is 1.98.